The van der Waals surface area contributed by atoms with Gasteiger partial charge in [-0.1, -0.05) is 18.7 Å². The molecule has 0 aliphatic carbocycles. The number of likely N-dealkylation sites (N-methyl/N-ethyl adjacent to an activating group) is 2. The molecule has 1 aromatic carbocycles. The van der Waals surface area contributed by atoms with Crippen LogP contribution in [-0.2, 0) is 30.7 Å². The van der Waals surface area contributed by atoms with E-state index < -0.39 is 0 Å². The van der Waals surface area contributed by atoms with E-state index in [-0.39, 0.29) is 11.9 Å². The number of fused-ring (bicyclic) bond motifs is 2. The molecule has 4 aliphatic heterocycles. The van der Waals surface area contributed by atoms with Gasteiger partial charge in [0.25, 0.3) is 0 Å². The van der Waals surface area contributed by atoms with Crippen molar-refractivity contribution in [3.8, 4) is 11.9 Å². The van der Waals surface area contributed by atoms with Crippen LogP contribution in [0.5, 0.6) is 5.88 Å². The number of carbonyl (C=O) groups is 1. The van der Waals surface area contributed by atoms with E-state index in [9.17, 15) is 10.1 Å². The molecular weight excluding hydrogens is 526 g/mol. The van der Waals surface area contributed by atoms with Gasteiger partial charge in [-0.05, 0) is 69.6 Å². The molecule has 0 bridgehead atoms. The molecule has 5 heterocycles. The van der Waals surface area contributed by atoms with Crippen LogP contribution in [0.15, 0.2) is 36.9 Å². The van der Waals surface area contributed by atoms with Crippen molar-refractivity contribution in [3.63, 3.8) is 0 Å². The van der Waals surface area contributed by atoms with Crippen LogP contribution >= 0.6 is 0 Å². The molecule has 0 unspecified atom stereocenters. The van der Waals surface area contributed by atoms with Gasteiger partial charge in [0.15, 0.2) is 0 Å². The molecule has 222 valence electrons. The zero-order chi connectivity index (χ0) is 29.2. The lowest BCUT2D eigenvalue weighted by Gasteiger charge is -2.43. The van der Waals surface area contributed by atoms with E-state index in [0.29, 0.717) is 44.6 Å². The van der Waals surface area contributed by atoms with Gasteiger partial charge in [0.2, 0.25) is 11.8 Å². The largest absolute Gasteiger partial charge is 0.476 e. The zero-order valence-electron chi connectivity index (χ0n) is 25.1. The number of piperazine rings is 1. The summed E-state index contributed by atoms with van der Waals surface area (Å²) in [6, 6.07) is 11.4. The van der Waals surface area contributed by atoms with Gasteiger partial charge in [-0.3, -0.25) is 4.79 Å². The minimum Gasteiger partial charge on any atom is -0.476 e. The average molecular weight is 570 g/mol. The lowest BCUT2D eigenvalue weighted by Crippen LogP contribution is -2.55. The predicted molar refractivity (Wildman–Crippen MR) is 165 cm³/mol. The Morgan fingerprint density at radius 3 is 2.71 bits per heavy atom. The quantitative estimate of drug-likeness (QED) is 0.471. The highest BCUT2D eigenvalue weighted by Gasteiger charge is 2.33. The summed E-state index contributed by atoms with van der Waals surface area (Å²) in [6.45, 7) is 11.0. The first-order chi connectivity index (χ1) is 20.4. The third-order valence-electron chi connectivity index (χ3n) is 9.61. The summed E-state index contributed by atoms with van der Waals surface area (Å²) in [7, 11) is 4.36. The average Bonchev–Trinajstić information content (AvgIpc) is 3.42. The van der Waals surface area contributed by atoms with Crippen molar-refractivity contribution in [1.29, 1.82) is 5.26 Å². The van der Waals surface area contributed by atoms with E-state index in [1.54, 1.807) is 4.90 Å². The monoisotopic (exact) mass is 569 g/mol. The summed E-state index contributed by atoms with van der Waals surface area (Å²) in [5.41, 5.74) is 7.70. The number of anilines is 2. The lowest BCUT2D eigenvalue weighted by molar-refractivity contribution is -0.128. The Hall–Kier alpha value is -3.61. The van der Waals surface area contributed by atoms with Gasteiger partial charge >= 0.3 is 0 Å². The van der Waals surface area contributed by atoms with Crippen molar-refractivity contribution in [3.05, 3.63) is 59.3 Å². The van der Waals surface area contributed by atoms with Crippen LogP contribution < -0.4 is 14.5 Å². The highest BCUT2D eigenvalue weighted by Crippen LogP contribution is 2.37. The third kappa shape index (κ3) is 5.70. The number of pyridine rings is 1. The molecule has 0 spiro atoms. The number of benzene rings is 1. The number of hydrogen-bond acceptors (Lipinski definition) is 8. The Kier molecular flexibility index (Phi) is 8.36. The van der Waals surface area contributed by atoms with E-state index in [2.05, 4.69) is 70.6 Å². The van der Waals surface area contributed by atoms with Crippen LogP contribution in [0.3, 0.4) is 0 Å². The van der Waals surface area contributed by atoms with Crippen LogP contribution in [0.1, 0.15) is 41.6 Å². The molecule has 2 saturated heterocycles. The minimum atomic E-state index is -0.177. The van der Waals surface area contributed by atoms with E-state index in [1.807, 2.05) is 0 Å². The number of likely N-dealkylation sites (tertiary alicyclic amines) is 1. The Bertz CT molecular complexity index is 1370. The predicted octanol–water partition coefficient (Wildman–Crippen LogP) is 3.22. The lowest BCUT2D eigenvalue weighted by atomic mass is 9.95. The fourth-order valence-electron chi connectivity index (χ4n) is 7.22. The molecule has 2 aromatic rings. The molecule has 1 amide bonds. The second-order valence-electron chi connectivity index (χ2n) is 12.3. The van der Waals surface area contributed by atoms with Gasteiger partial charge in [0.05, 0.1) is 30.8 Å². The van der Waals surface area contributed by atoms with Crippen LogP contribution in [0.2, 0.25) is 0 Å². The molecule has 9 heteroatoms. The van der Waals surface area contributed by atoms with Crippen molar-refractivity contribution < 1.29 is 9.53 Å². The second-order valence-corrected chi connectivity index (χ2v) is 12.3. The SMILES string of the molecule is C=CC(=O)N1CCN(c2cc(OC[C@@H]3CCCN3C)nc3c2CCN(c2cccc4c2CCN(C)C4)C3)C[C@@H]1CC#N. The van der Waals surface area contributed by atoms with Gasteiger partial charge in [0, 0.05) is 68.3 Å². The molecule has 0 N–H and O–H groups in total. The number of rotatable bonds is 7. The summed E-state index contributed by atoms with van der Waals surface area (Å²) in [4.78, 5) is 29.1. The molecule has 1 aromatic heterocycles. The Labute approximate surface area is 249 Å². The molecular formula is C33H43N7O2. The molecule has 42 heavy (non-hydrogen) atoms. The highest BCUT2D eigenvalue weighted by atomic mass is 16.5. The van der Waals surface area contributed by atoms with E-state index >= 15 is 0 Å². The summed E-state index contributed by atoms with van der Waals surface area (Å²) < 4.78 is 6.42. The number of nitrogens with zero attached hydrogens (tertiary/aromatic N) is 7. The summed E-state index contributed by atoms with van der Waals surface area (Å²) in [6.07, 6.45) is 5.95. The van der Waals surface area contributed by atoms with Crippen molar-refractivity contribution in [2.75, 3.05) is 69.8 Å². The summed E-state index contributed by atoms with van der Waals surface area (Å²) in [5, 5.41) is 9.54. The first kappa shape index (κ1) is 28.5. The minimum absolute atomic E-state index is 0.107. The maximum atomic E-state index is 12.5. The molecule has 9 nitrogen and oxygen atoms in total. The molecule has 0 saturated carbocycles. The smallest absolute Gasteiger partial charge is 0.246 e. The molecule has 2 atom stereocenters. The Balaban J connectivity index is 1.31. The van der Waals surface area contributed by atoms with Crippen molar-refractivity contribution in [1.82, 2.24) is 19.7 Å². The summed E-state index contributed by atoms with van der Waals surface area (Å²) >= 11 is 0. The van der Waals surface area contributed by atoms with Crippen LogP contribution in [0.25, 0.3) is 0 Å². The maximum absolute atomic E-state index is 12.5. The normalized spacial score (nSPS) is 22.8. The van der Waals surface area contributed by atoms with E-state index in [1.165, 1.54) is 34.9 Å². The van der Waals surface area contributed by atoms with Crippen LogP contribution in [0.4, 0.5) is 11.4 Å². The summed E-state index contributed by atoms with van der Waals surface area (Å²) in [5.74, 6) is 0.563. The number of hydrogen-bond donors (Lipinski definition) is 0. The fraction of sp³-hybridized carbons (Fsp3) is 0.545. The van der Waals surface area contributed by atoms with E-state index in [0.717, 1.165) is 63.4 Å². The first-order valence-corrected chi connectivity index (χ1v) is 15.4. The number of nitriles is 1. The number of amides is 1. The van der Waals surface area contributed by atoms with E-state index in [4.69, 9.17) is 9.72 Å². The maximum Gasteiger partial charge on any atom is 0.246 e. The number of ether oxygens (including phenoxy) is 1. The topological polar surface area (TPSA) is 79.2 Å². The first-order valence-electron chi connectivity index (χ1n) is 15.4. The van der Waals surface area contributed by atoms with Gasteiger partial charge in [-0.25, -0.2) is 4.98 Å². The van der Waals surface area contributed by atoms with Gasteiger partial charge in [-0.2, -0.15) is 5.26 Å². The number of carbonyl (C=O) groups excluding carboxylic acids is 1. The molecule has 0 radical (unpaired) electrons. The molecule has 2 fully saturated rings. The standard InChI is InChI=1S/C33H43N7O2/c1-4-33(41)40-18-17-39(21-25(40)10-13-34)31-19-32(42-23-26-8-6-14-37(26)3)35-29-22-38(16-12-28(29)31)30-9-5-7-24-20-36(2)15-11-27(24)30/h4-5,7,9,19,25-26H,1,6,8,10-12,14-18,20-23H2,2-3H3/t25-,26-/m0/s1. The Morgan fingerprint density at radius 2 is 1.93 bits per heavy atom. The van der Waals surface area contributed by atoms with Crippen molar-refractivity contribution >= 4 is 17.3 Å². The number of aromatic nitrogens is 1. The van der Waals surface area contributed by atoms with Crippen molar-refractivity contribution in [2.24, 2.45) is 0 Å². The van der Waals surface area contributed by atoms with Crippen molar-refractivity contribution in [2.45, 2.75) is 57.3 Å². The van der Waals surface area contributed by atoms with Crippen LogP contribution in [0, 0.1) is 11.3 Å². The third-order valence-corrected chi connectivity index (χ3v) is 9.61. The highest BCUT2D eigenvalue weighted by molar-refractivity contribution is 5.87. The van der Waals surface area contributed by atoms with Crippen LogP contribution in [-0.4, -0.2) is 97.6 Å². The van der Waals surface area contributed by atoms with Gasteiger partial charge in [-0.15, -0.1) is 0 Å². The molecule has 6 rings (SSSR count). The Morgan fingerprint density at radius 1 is 1.07 bits per heavy atom. The zero-order valence-corrected chi connectivity index (χ0v) is 25.1. The molecule has 4 aliphatic rings. The fourth-order valence-corrected chi connectivity index (χ4v) is 7.22. The van der Waals surface area contributed by atoms with Gasteiger partial charge < -0.3 is 29.2 Å². The second kappa shape index (κ2) is 12.3. The van der Waals surface area contributed by atoms with Gasteiger partial charge in [0.1, 0.15) is 6.61 Å².